The van der Waals surface area contributed by atoms with E-state index < -0.39 is 0 Å². The number of thioether (sulfide) groups is 1. The third-order valence-electron chi connectivity index (χ3n) is 3.21. The summed E-state index contributed by atoms with van der Waals surface area (Å²) in [5.41, 5.74) is 5.86. The van der Waals surface area contributed by atoms with Crippen LogP contribution in [0.2, 0.25) is 0 Å². The van der Waals surface area contributed by atoms with Crippen molar-refractivity contribution in [2.75, 3.05) is 5.75 Å². The molecule has 0 bridgehead atoms. The Morgan fingerprint density at radius 1 is 1.44 bits per heavy atom. The number of thiophene rings is 2. The Morgan fingerprint density at radius 2 is 2.39 bits per heavy atom. The van der Waals surface area contributed by atoms with Crippen LogP contribution in [0.4, 0.5) is 0 Å². The highest BCUT2D eigenvalue weighted by Crippen LogP contribution is 2.35. The zero-order chi connectivity index (χ0) is 12.4. The van der Waals surface area contributed by atoms with Gasteiger partial charge in [0.05, 0.1) is 6.04 Å². The number of aryl methyl sites for hydroxylation is 1. The van der Waals surface area contributed by atoms with Crippen LogP contribution in [0.5, 0.6) is 0 Å². The second kappa shape index (κ2) is 5.75. The molecular formula is C13H16N2S3. The van der Waals surface area contributed by atoms with Crippen molar-refractivity contribution in [3.05, 3.63) is 43.8 Å². The first-order valence-electron chi connectivity index (χ1n) is 6.03. The number of rotatable bonds is 4. The lowest BCUT2D eigenvalue weighted by Gasteiger charge is -2.13. The van der Waals surface area contributed by atoms with Crippen LogP contribution in [0.1, 0.15) is 26.9 Å². The van der Waals surface area contributed by atoms with Crippen LogP contribution in [0.25, 0.3) is 0 Å². The normalized spacial score (nSPS) is 16.5. The van der Waals surface area contributed by atoms with E-state index in [-0.39, 0.29) is 6.04 Å². The van der Waals surface area contributed by atoms with Gasteiger partial charge in [0.2, 0.25) is 0 Å². The fourth-order valence-electron chi connectivity index (χ4n) is 2.23. The molecule has 18 heavy (non-hydrogen) atoms. The number of hydrogen-bond acceptors (Lipinski definition) is 5. The Kier molecular flexibility index (Phi) is 4.06. The highest BCUT2D eigenvalue weighted by atomic mass is 32.2. The molecule has 0 amide bonds. The van der Waals surface area contributed by atoms with E-state index in [2.05, 4.69) is 28.3 Å². The van der Waals surface area contributed by atoms with E-state index in [4.69, 9.17) is 5.84 Å². The molecule has 0 saturated heterocycles. The van der Waals surface area contributed by atoms with Crippen LogP contribution in [0.3, 0.4) is 0 Å². The number of fused-ring (bicyclic) bond motifs is 1. The molecule has 0 aromatic carbocycles. The molecule has 1 aliphatic rings. The van der Waals surface area contributed by atoms with E-state index in [0.717, 1.165) is 6.42 Å². The molecule has 1 aliphatic heterocycles. The van der Waals surface area contributed by atoms with Gasteiger partial charge in [0.25, 0.3) is 0 Å². The maximum atomic E-state index is 5.73. The molecule has 3 heterocycles. The predicted molar refractivity (Wildman–Crippen MR) is 82.3 cm³/mol. The smallest absolute Gasteiger partial charge is 0.0594 e. The van der Waals surface area contributed by atoms with Crippen LogP contribution in [-0.4, -0.2) is 5.75 Å². The molecule has 96 valence electrons. The second-order valence-corrected chi connectivity index (χ2v) is 7.51. The highest BCUT2D eigenvalue weighted by molar-refractivity contribution is 7.98. The fourth-order valence-corrected chi connectivity index (χ4v) is 5.35. The summed E-state index contributed by atoms with van der Waals surface area (Å²) in [5.74, 6) is 8.16. The third kappa shape index (κ3) is 2.65. The van der Waals surface area contributed by atoms with Crippen LogP contribution < -0.4 is 11.3 Å². The summed E-state index contributed by atoms with van der Waals surface area (Å²) in [6, 6.07) is 4.78. The Morgan fingerprint density at radius 3 is 3.11 bits per heavy atom. The average molecular weight is 296 g/mol. The van der Waals surface area contributed by atoms with E-state index >= 15 is 0 Å². The fraction of sp³-hybridized carbons (Fsp3) is 0.385. The number of hydrazine groups is 1. The van der Waals surface area contributed by atoms with Crippen molar-refractivity contribution in [1.82, 2.24) is 5.43 Å². The molecule has 3 N–H and O–H groups in total. The van der Waals surface area contributed by atoms with Gasteiger partial charge in [0.15, 0.2) is 0 Å². The highest BCUT2D eigenvalue weighted by Gasteiger charge is 2.19. The van der Waals surface area contributed by atoms with E-state index in [1.807, 2.05) is 23.1 Å². The van der Waals surface area contributed by atoms with Gasteiger partial charge in [-0.1, -0.05) is 0 Å². The Bertz CT molecular complexity index is 481. The van der Waals surface area contributed by atoms with Gasteiger partial charge >= 0.3 is 0 Å². The molecule has 0 radical (unpaired) electrons. The molecule has 0 fully saturated rings. The van der Waals surface area contributed by atoms with Gasteiger partial charge < -0.3 is 0 Å². The minimum Gasteiger partial charge on any atom is -0.271 e. The van der Waals surface area contributed by atoms with Crippen molar-refractivity contribution < 1.29 is 0 Å². The summed E-state index contributed by atoms with van der Waals surface area (Å²) in [6.45, 7) is 0. The number of nitrogens with two attached hydrogens (primary N) is 1. The molecule has 1 unspecified atom stereocenters. The van der Waals surface area contributed by atoms with Crippen molar-refractivity contribution in [3.8, 4) is 0 Å². The molecule has 2 aromatic heterocycles. The third-order valence-corrected chi connectivity index (χ3v) is 6.30. The van der Waals surface area contributed by atoms with Gasteiger partial charge in [-0.3, -0.25) is 11.3 Å². The van der Waals surface area contributed by atoms with Crippen molar-refractivity contribution in [2.24, 2.45) is 5.84 Å². The topological polar surface area (TPSA) is 38.0 Å². The van der Waals surface area contributed by atoms with Gasteiger partial charge in [-0.05, 0) is 52.6 Å². The zero-order valence-electron chi connectivity index (χ0n) is 10.0. The SMILES string of the molecule is NNC(Cc1ccsc1)c1cc2c(s1)CCSC2. The van der Waals surface area contributed by atoms with Crippen LogP contribution >= 0.6 is 34.4 Å². The van der Waals surface area contributed by atoms with Crippen molar-refractivity contribution in [3.63, 3.8) is 0 Å². The maximum Gasteiger partial charge on any atom is 0.0594 e. The Hall–Kier alpha value is -0.330. The van der Waals surface area contributed by atoms with Gasteiger partial charge in [-0.15, -0.1) is 11.3 Å². The van der Waals surface area contributed by atoms with Gasteiger partial charge in [-0.25, -0.2) is 0 Å². The Balaban J connectivity index is 1.80. The largest absolute Gasteiger partial charge is 0.271 e. The predicted octanol–water partition coefficient (Wildman–Crippen LogP) is 3.35. The average Bonchev–Trinajstić information content (AvgIpc) is 3.04. The van der Waals surface area contributed by atoms with Crippen LogP contribution in [0, 0.1) is 0 Å². The molecular weight excluding hydrogens is 280 g/mol. The first-order chi connectivity index (χ1) is 8.86. The summed E-state index contributed by atoms with van der Waals surface area (Å²) in [7, 11) is 0. The van der Waals surface area contributed by atoms with Gasteiger partial charge in [0.1, 0.15) is 0 Å². The Labute approximate surface area is 120 Å². The molecule has 0 spiro atoms. The molecule has 0 aliphatic carbocycles. The first kappa shape index (κ1) is 12.7. The second-order valence-electron chi connectivity index (χ2n) is 4.45. The van der Waals surface area contributed by atoms with Gasteiger partial charge in [0, 0.05) is 15.5 Å². The van der Waals surface area contributed by atoms with E-state index in [0.29, 0.717) is 0 Å². The zero-order valence-corrected chi connectivity index (χ0v) is 12.5. The van der Waals surface area contributed by atoms with Crippen LogP contribution in [0.15, 0.2) is 22.9 Å². The quantitative estimate of drug-likeness (QED) is 0.671. The summed E-state index contributed by atoms with van der Waals surface area (Å²) < 4.78 is 0. The monoisotopic (exact) mass is 296 g/mol. The lowest BCUT2D eigenvalue weighted by atomic mass is 10.1. The molecule has 2 aromatic rings. The lowest BCUT2D eigenvalue weighted by Crippen LogP contribution is -2.28. The molecule has 3 rings (SSSR count). The summed E-state index contributed by atoms with van der Waals surface area (Å²) >= 11 is 5.72. The standard InChI is InChI=1S/C13H16N2S3/c14-15-11(5-9-1-3-16-7-9)13-6-10-8-17-4-2-12(10)18-13/h1,3,6-7,11,15H,2,4-5,8,14H2. The lowest BCUT2D eigenvalue weighted by molar-refractivity contribution is 0.561. The van der Waals surface area contributed by atoms with Crippen molar-refractivity contribution in [1.29, 1.82) is 0 Å². The van der Waals surface area contributed by atoms with E-state index in [1.54, 1.807) is 16.2 Å². The molecule has 2 nitrogen and oxygen atoms in total. The summed E-state index contributed by atoms with van der Waals surface area (Å²) in [5, 5.41) is 4.33. The minimum absolute atomic E-state index is 0.250. The molecule has 1 atom stereocenters. The molecule has 0 saturated carbocycles. The summed E-state index contributed by atoms with van der Waals surface area (Å²) in [6.07, 6.45) is 2.20. The number of nitrogens with one attached hydrogen (secondary N) is 1. The maximum absolute atomic E-state index is 5.73. The van der Waals surface area contributed by atoms with E-state index in [1.165, 1.54) is 33.9 Å². The summed E-state index contributed by atoms with van der Waals surface area (Å²) in [4.78, 5) is 2.95. The van der Waals surface area contributed by atoms with Gasteiger partial charge in [-0.2, -0.15) is 23.1 Å². The van der Waals surface area contributed by atoms with Crippen LogP contribution in [-0.2, 0) is 18.6 Å². The van der Waals surface area contributed by atoms with Crippen molar-refractivity contribution >= 4 is 34.4 Å². The first-order valence-corrected chi connectivity index (χ1v) is 8.94. The molecule has 5 heteroatoms. The minimum atomic E-state index is 0.250. The van der Waals surface area contributed by atoms with E-state index in [9.17, 15) is 0 Å². The number of hydrogen-bond donors (Lipinski definition) is 2. The van der Waals surface area contributed by atoms with Crippen molar-refractivity contribution in [2.45, 2.75) is 24.6 Å².